The highest BCUT2D eigenvalue weighted by Gasteiger charge is 2.41. The van der Waals surface area contributed by atoms with Crippen LogP contribution in [0, 0.1) is 6.92 Å². The summed E-state index contributed by atoms with van der Waals surface area (Å²) in [6.45, 7) is 2.03. The standard InChI is InChI=1S/C14H26N4/c1-11-9-12(18(4)16-11)10-13(15)14(17(2)3)7-5-6-8-14/h9,13H,5-8,10,15H2,1-4H3. The molecular weight excluding hydrogens is 224 g/mol. The maximum absolute atomic E-state index is 6.54. The molecule has 1 fully saturated rings. The predicted octanol–water partition coefficient (Wildman–Crippen LogP) is 1.47. The largest absolute Gasteiger partial charge is 0.326 e. The number of aromatic nitrogens is 2. The summed E-state index contributed by atoms with van der Waals surface area (Å²) < 4.78 is 1.97. The summed E-state index contributed by atoms with van der Waals surface area (Å²) in [7, 11) is 6.34. The quantitative estimate of drug-likeness (QED) is 0.880. The summed E-state index contributed by atoms with van der Waals surface area (Å²) >= 11 is 0. The molecule has 1 saturated carbocycles. The summed E-state index contributed by atoms with van der Waals surface area (Å²) in [5.74, 6) is 0. The van der Waals surface area contributed by atoms with Crippen LogP contribution in [0.3, 0.4) is 0 Å². The van der Waals surface area contributed by atoms with Gasteiger partial charge in [-0.2, -0.15) is 5.10 Å². The van der Waals surface area contributed by atoms with Gasteiger partial charge in [0.2, 0.25) is 0 Å². The van der Waals surface area contributed by atoms with Crippen molar-refractivity contribution < 1.29 is 0 Å². The number of likely N-dealkylation sites (N-methyl/N-ethyl adjacent to an activating group) is 1. The van der Waals surface area contributed by atoms with E-state index in [-0.39, 0.29) is 11.6 Å². The van der Waals surface area contributed by atoms with E-state index >= 15 is 0 Å². The van der Waals surface area contributed by atoms with Crippen LogP contribution < -0.4 is 5.73 Å². The van der Waals surface area contributed by atoms with Gasteiger partial charge in [0.1, 0.15) is 0 Å². The molecule has 2 N–H and O–H groups in total. The Balaban J connectivity index is 2.15. The van der Waals surface area contributed by atoms with Crippen LogP contribution in [0.15, 0.2) is 6.07 Å². The van der Waals surface area contributed by atoms with Gasteiger partial charge in [-0.15, -0.1) is 0 Å². The predicted molar refractivity (Wildman–Crippen MR) is 74.5 cm³/mol. The van der Waals surface area contributed by atoms with Gasteiger partial charge in [0.05, 0.1) is 5.69 Å². The molecular formula is C14H26N4. The molecule has 2 rings (SSSR count). The Labute approximate surface area is 110 Å². The molecule has 0 amide bonds. The molecule has 1 atom stereocenters. The Bertz CT molecular complexity index is 402. The molecule has 0 aliphatic heterocycles. The Hall–Kier alpha value is -0.870. The Morgan fingerprint density at radius 1 is 1.44 bits per heavy atom. The highest BCUT2D eigenvalue weighted by Crippen LogP contribution is 2.36. The molecule has 1 aliphatic carbocycles. The van der Waals surface area contributed by atoms with Gasteiger partial charge in [0.15, 0.2) is 0 Å². The second-order valence-electron chi connectivity index (χ2n) is 5.92. The van der Waals surface area contributed by atoms with Crippen LogP contribution in [0.4, 0.5) is 0 Å². The van der Waals surface area contributed by atoms with Crippen molar-refractivity contribution >= 4 is 0 Å². The molecule has 4 nitrogen and oxygen atoms in total. The van der Waals surface area contributed by atoms with Crippen molar-refractivity contribution in [1.82, 2.24) is 14.7 Å². The van der Waals surface area contributed by atoms with E-state index in [0.29, 0.717) is 0 Å². The lowest BCUT2D eigenvalue weighted by atomic mass is 9.84. The number of aryl methyl sites for hydroxylation is 2. The monoisotopic (exact) mass is 250 g/mol. The minimum atomic E-state index is 0.179. The molecule has 0 aromatic carbocycles. The molecule has 0 saturated heterocycles. The van der Waals surface area contributed by atoms with E-state index in [0.717, 1.165) is 12.1 Å². The second-order valence-corrected chi connectivity index (χ2v) is 5.92. The van der Waals surface area contributed by atoms with Crippen LogP contribution in [0.25, 0.3) is 0 Å². The van der Waals surface area contributed by atoms with E-state index in [1.165, 1.54) is 31.4 Å². The van der Waals surface area contributed by atoms with Gasteiger partial charge in [-0.25, -0.2) is 0 Å². The molecule has 1 aromatic heterocycles. The number of rotatable bonds is 4. The van der Waals surface area contributed by atoms with Crippen LogP contribution in [0.5, 0.6) is 0 Å². The average Bonchev–Trinajstić information content (AvgIpc) is 2.87. The first-order valence-corrected chi connectivity index (χ1v) is 6.88. The van der Waals surface area contributed by atoms with Gasteiger partial charge in [-0.3, -0.25) is 4.68 Å². The fraction of sp³-hybridized carbons (Fsp3) is 0.786. The van der Waals surface area contributed by atoms with Crippen molar-refractivity contribution in [2.45, 2.75) is 50.6 Å². The smallest absolute Gasteiger partial charge is 0.0596 e. The van der Waals surface area contributed by atoms with Gasteiger partial charge >= 0.3 is 0 Å². The van der Waals surface area contributed by atoms with Gasteiger partial charge in [0.25, 0.3) is 0 Å². The Kier molecular flexibility index (Phi) is 3.78. The zero-order valence-electron chi connectivity index (χ0n) is 12.1. The van der Waals surface area contributed by atoms with E-state index in [1.54, 1.807) is 0 Å². The molecule has 102 valence electrons. The highest BCUT2D eigenvalue weighted by atomic mass is 15.3. The zero-order chi connectivity index (χ0) is 13.3. The second kappa shape index (κ2) is 5.02. The third-order valence-electron chi connectivity index (χ3n) is 4.58. The van der Waals surface area contributed by atoms with Crippen molar-refractivity contribution in [2.24, 2.45) is 12.8 Å². The van der Waals surface area contributed by atoms with Gasteiger partial charge in [0, 0.05) is 30.7 Å². The van der Waals surface area contributed by atoms with E-state index in [4.69, 9.17) is 5.73 Å². The molecule has 1 unspecified atom stereocenters. The van der Waals surface area contributed by atoms with Gasteiger partial charge < -0.3 is 10.6 Å². The fourth-order valence-electron chi connectivity index (χ4n) is 3.41. The third kappa shape index (κ3) is 2.31. The van der Waals surface area contributed by atoms with Crippen molar-refractivity contribution in [2.75, 3.05) is 14.1 Å². The first kappa shape index (κ1) is 13.6. The SMILES string of the molecule is Cc1cc(CC(N)C2(N(C)C)CCCC2)n(C)n1. The normalized spacial score (nSPS) is 20.6. The molecule has 0 spiro atoms. The Morgan fingerprint density at radius 3 is 2.50 bits per heavy atom. The average molecular weight is 250 g/mol. The minimum Gasteiger partial charge on any atom is -0.326 e. The first-order chi connectivity index (χ1) is 8.45. The zero-order valence-corrected chi connectivity index (χ0v) is 12.1. The maximum Gasteiger partial charge on any atom is 0.0596 e. The summed E-state index contributed by atoms with van der Waals surface area (Å²) in [5, 5.41) is 4.41. The first-order valence-electron chi connectivity index (χ1n) is 6.88. The molecule has 1 aromatic rings. The number of nitrogens with two attached hydrogens (primary N) is 1. The van der Waals surface area contributed by atoms with Crippen LogP contribution in [-0.4, -0.2) is 40.4 Å². The molecule has 1 heterocycles. The number of hydrogen-bond donors (Lipinski definition) is 1. The lowest BCUT2D eigenvalue weighted by Gasteiger charge is -2.41. The van der Waals surface area contributed by atoms with Crippen LogP contribution in [0.2, 0.25) is 0 Å². The van der Waals surface area contributed by atoms with Crippen molar-refractivity contribution in [3.8, 4) is 0 Å². The van der Waals surface area contributed by atoms with Crippen LogP contribution in [0.1, 0.15) is 37.1 Å². The molecule has 0 bridgehead atoms. The Morgan fingerprint density at radius 2 is 2.06 bits per heavy atom. The molecule has 1 aliphatic rings. The van der Waals surface area contributed by atoms with E-state index in [2.05, 4.69) is 30.2 Å². The van der Waals surface area contributed by atoms with Crippen LogP contribution in [-0.2, 0) is 13.5 Å². The van der Waals surface area contributed by atoms with E-state index < -0.39 is 0 Å². The van der Waals surface area contributed by atoms with Crippen molar-refractivity contribution in [3.05, 3.63) is 17.5 Å². The van der Waals surface area contributed by atoms with Crippen LogP contribution >= 0.6 is 0 Å². The molecule has 18 heavy (non-hydrogen) atoms. The maximum atomic E-state index is 6.54. The van der Waals surface area contributed by atoms with Gasteiger partial charge in [-0.1, -0.05) is 12.8 Å². The number of nitrogens with zero attached hydrogens (tertiary/aromatic N) is 3. The lowest BCUT2D eigenvalue weighted by molar-refractivity contribution is 0.122. The summed E-state index contributed by atoms with van der Waals surface area (Å²) in [6.07, 6.45) is 5.96. The third-order valence-corrected chi connectivity index (χ3v) is 4.58. The summed E-state index contributed by atoms with van der Waals surface area (Å²) in [4.78, 5) is 2.34. The minimum absolute atomic E-state index is 0.179. The fourth-order valence-corrected chi connectivity index (χ4v) is 3.41. The van der Waals surface area contributed by atoms with Gasteiger partial charge in [-0.05, 0) is 39.9 Å². The number of hydrogen-bond acceptors (Lipinski definition) is 3. The van der Waals surface area contributed by atoms with E-state index in [1.807, 2.05) is 18.7 Å². The summed E-state index contributed by atoms with van der Waals surface area (Å²) in [5.41, 5.74) is 9.04. The topological polar surface area (TPSA) is 47.1 Å². The molecule has 4 heteroatoms. The van der Waals surface area contributed by atoms with Crippen molar-refractivity contribution in [3.63, 3.8) is 0 Å². The molecule has 0 radical (unpaired) electrons. The summed E-state index contributed by atoms with van der Waals surface area (Å²) in [6, 6.07) is 2.34. The lowest BCUT2D eigenvalue weighted by Crippen LogP contribution is -2.56. The highest BCUT2D eigenvalue weighted by molar-refractivity contribution is 5.13. The van der Waals surface area contributed by atoms with E-state index in [9.17, 15) is 0 Å². The van der Waals surface area contributed by atoms with Crippen molar-refractivity contribution in [1.29, 1.82) is 0 Å².